The van der Waals surface area contributed by atoms with Crippen molar-refractivity contribution in [2.24, 2.45) is 0 Å². The van der Waals surface area contributed by atoms with Gasteiger partial charge in [-0.15, -0.1) is 11.8 Å². The van der Waals surface area contributed by atoms with Crippen LogP contribution in [0.4, 0.5) is 10.1 Å². The van der Waals surface area contributed by atoms with Crippen LogP contribution in [0.3, 0.4) is 0 Å². The summed E-state index contributed by atoms with van der Waals surface area (Å²) in [5, 5.41) is 2.79. The molecule has 0 saturated heterocycles. The molecule has 0 spiro atoms. The van der Waals surface area contributed by atoms with E-state index in [4.69, 9.17) is 9.47 Å². The first-order chi connectivity index (χ1) is 14.0. The molecule has 1 aromatic heterocycles. The number of methoxy groups -OCH3 is 1. The van der Waals surface area contributed by atoms with E-state index in [1.807, 2.05) is 31.2 Å². The summed E-state index contributed by atoms with van der Waals surface area (Å²) in [5.41, 5.74) is 2.59. The Kier molecular flexibility index (Phi) is 7.08. The van der Waals surface area contributed by atoms with Crippen LogP contribution >= 0.6 is 11.8 Å². The Morgan fingerprint density at radius 1 is 1.10 bits per heavy atom. The first-order valence-corrected chi connectivity index (χ1v) is 9.92. The number of thioether (sulfide) groups is 1. The van der Waals surface area contributed by atoms with Gasteiger partial charge in [0.25, 0.3) is 5.91 Å². The molecule has 0 aliphatic carbocycles. The van der Waals surface area contributed by atoms with E-state index in [1.165, 1.54) is 31.0 Å². The minimum atomic E-state index is -0.269. The fourth-order valence-corrected chi connectivity index (χ4v) is 3.28. The summed E-state index contributed by atoms with van der Waals surface area (Å²) in [4.78, 5) is 17.4. The highest BCUT2D eigenvalue weighted by molar-refractivity contribution is 7.98. The number of hydrogen-bond donors (Lipinski definition) is 1. The molecule has 0 fully saturated rings. The maximum atomic E-state index is 13.0. The zero-order valence-electron chi connectivity index (χ0n) is 16.1. The van der Waals surface area contributed by atoms with Crippen LogP contribution in [0.2, 0.25) is 0 Å². The largest absolute Gasteiger partial charge is 0.491 e. The minimum absolute atomic E-state index is 0.154. The van der Waals surface area contributed by atoms with E-state index in [9.17, 15) is 9.18 Å². The summed E-state index contributed by atoms with van der Waals surface area (Å²) in [7, 11) is 1.52. The third-order valence-electron chi connectivity index (χ3n) is 4.00. The molecule has 0 unspecified atom stereocenters. The number of halogens is 1. The zero-order valence-corrected chi connectivity index (χ0v) is 17.0. The molecule has 1 N–H and O–H groups in total. The summed E-state index contributed by atoms with van der Waals surface area (Å²) >= 11 is 1.53. The number of ether oxygens (including phenoxy) is 2. The summed E-state index contributed by atoms with van der Waals surface area (Å²) in [6.45, 7) is 1.83. The number of nitrogens with one attached hydrogen (secondary N) is 1. The van der Waals surface area contributed by atoms with Crippen molar-refractivity contribution in [2.75, 3.05) is 19.0 Å². The Labute approximate surface area is 173 Å². The molecule has 5 nitrogen and oxygen atoms in total. The number of aryl methyl sites for hydroxylation is 1. The number of benzene rings is 2. The molecule has 3 aromatic rings. The van der Waals surface area contributed by atoms with Gasteiger partial charge in [0.2, 0.25) is 0 Å². The van der Waals surface area contributed by atoms with Crippen LogP contribution in [-0.4, -0.2) is 24.6 Å². The van der Waals surface area contributed by atoms with Crippen molar-refractivity contribution in [3.63, 3.8) is 0 Å². The van der Waals surface area contributed by atoms with E-state index in [-0.39, 0.29) is 18.3 Å². The summed E-state index contributed by atoms with van der Waals surface area (Å²) in [5.74, 6) is 0.924. The van der Waals surface area contributed by atoms with Gasteiger partial charge < -0.3 is 14.8 Å². The van der Waals surface area contributed by atoms with Gasteiger partial charge >= 0.3 is 0 Å². The first-order valence-electron chi connectivity index (χ1n) is 8.94. The van der Waals surface area contributed by atoms with Crippen LogP contribution in [0.1, 0.15) is 11.3 Å². The van der Waals surface area contributed by atoms with Crippen molar-refractivity contribution in [1.29, 1.82) is 0 Å². The average molecular weight is 412 g/mol. The molecular formula is C22H21FN2O3S. The molecule has 0 aliphatic rings. The van der Waals surface area contributed by atoms with Crippen LogP contribution in [0.25, 0.3) is 0 Å². The lowest BCUT2D eigenvalue weighted by atomic mass is 10.2. The van der Waals surface area contributed by atoms with E-state index < -0.39 is 0 Å². The molecule has 0 atom stereocenters. The maximum absolute atomic E-state index is 13.0. The van der Waals surface area contributed by atoms with Gasteiger partial charge in [-0.3, -0.25) is 9.78 Å². The second-order valence-electron chi connectivity index (χ2n) is 6.27. The lowest BCUT2D eigenvalue weighted by Crippen LogP contribution is -2.20. The topological polar surface area (TPSA) is 60.5 Å². The van der Waals surface area contributed by atoms with Crippen molar-refractivity contribution in [2.45, 2.75) is 17.6 Å². The standard InChI is InChI=1S/C22H21FN2O3S/c1-15-3-7-17(8-4-15)25-22(26)13-28-20-11-18(24-12-21(20)27-2)14-29-19-9-5-16(23)6-10-19/h3-12H,13-14H2,1-2H3,(H,25,26). The fraction of sp³-hybridized carbons (Fsp3) is 0.182. The van der Waals surface area contributed by atoms with E-state index in [2.05, 4.69) is 10.3 Å². The molecule has 0 radical (unpaired) electrons. The normalized spacial score (nSPS) is 10.4. The highest BCUT2D eigenvalue weighted by atomic mass is 32.2. The van der Waals surface area contributed by atoms with Gasteiger partial charge in [-0.1, -0.05) is 17.7 Å². The van der Waals surface area contributed by atoms with Crippen LogP contribution in [0.15, 0.2) is 65.7 Å². The van der Waals surface area contributed by atoms with Crippen LogP contribution in [0, 0.1) is 12.7 Å². The molecule has 29 heavy (non-hydrogen) atoms. The number of carbonyl (C=O) groups excluding carboxylic acids is 1. The molecule has 0 aliphatic heterocycles. The van der Waals surface area contributed by atoms with Crippen LogP contribution < -0.4 is 14.8 Å². The summed E-state index contributed by atoms with van der Waals surface area (Å²) < 4.78 is 23.9. The maximum Gasteiger partial charge on any atom is 0.262 e. The third-order valence-corrected chi connectivity index (χ3v) is 5.05. The lowest BCUT2D eigenvalue weighted by molar-refractivity contribution is -0.118. The second-order valence-corrected chi connectivity index (χ2v) is 7.32. The highest BCUT2D eigenvalue weighted by Gasteiger charge is 2.11. The molecule has 0 bridgehead atoms. The smallest absolute Gasteiger partial charge is 0.262 e. The Bertz CT molecular complexity index is 963. The number of rotatable bonds is 8. The Morgan fingerprint density at radius 2 is 1.83 bits per heavy atom. The minimum Gasteiger partial charge on any atom is -0.491 e. The molecule has 7 heteroatoms. The molecule has 1 heterocycles. The van der Waals surface area contributed by atoms with Gasteiger partial charge in [-0.05, 0) is 43.3 Å². The molecule has 3 rings (SSSR count). The van der Waals surface area contributed by atoms with E-state index in [1.54, 1.807) is 24.4 Å². The van der Waals surface area contributed by atoms with Crippen molar-refractivity contribution < 1.29 is 18.7 Å². The zero-order chi connectivity index (χ0) is 20.6. The van der Waals surface area contributed by atoms with Crippen molar-refractivity contribution in [3.05, 3.63) is 77.9 Å². The Morgan fingerprint density at radius 3 is 2.52 bits per heavy atom. The van der Waals surface area contributed by atoms with E-state index in [0.717, 1.165) is 16.2 Å². The highest BCUT2D eigenvalue weighted by Crippen LogP contribution is 2.29. The number of aromatic nitrogens is 1. The van der Waals surface area contributed by atoms with E-state index in [0.29, 0.717) is 22.9 Å². The van der Waals surface area contributed by atoms with Crippen LogP contribution in [0.5, 0.6) is 11.5 Å². The number of carbonyl (C=O) groups is 1. The van der Waals surface area contributed by atoms with Gasteiger partial charge in [0.1, 0.15) is 5.82 Å². The predicted octanol–water partition coefficient (Wildman–Crippen LogP) is 4.85. The third kappa shape index (κ3) is 6.22. The first kappa shape index (κ1) is 20.7. The lowest BCUT2D eigenvalue weighted by Gasteiger charge is -2.12. The monoisotopic (exact) mass is 412 g/mol. The van der Waals surface area contributed by atoms with Crippen molar-refractivity contribution >= 4 is 23.4 Å². The summed E-state index contributed by atoms with van der Waals surface area (Å²) in [6, 6.07) is 15.5. The van der Waals surface area contributed by atoms with Gasteiger partial charge in [0.15, 0.2) is 18.1 Å². The number of nitrogens with zero attached hydrogens (tertiary/aromatic N) is 1. The van der Waals surface area contributed by atoms with Gasteiger partial charge in [-0.2, -0.15) is 0 Å². The molecule has 1 amide bonds. The van der Waals surface area contributed by atoms with Crippen LogP contribution in [-0.2, 0) is 10.5 Å². The SMILES string of the molecule is COc1cnc(CSc2ccc(F)cc2)cc1OCC(=O)Nc1ccc(C)cc1. The number of anilines is 1. The molecule has 150 valence electrons. The van der Waals surface area contributed by atoms with Gasteiger partial charge in [0, 0.05) is 22.4 Å². The quantitative estimate of drug-likeness (QED) is 0.536. The molecule has 0 saturated carbocycles. The average Bonchev–Trinajstić information content (AvgIpc) is 2.73. The van der Waals surface area contributed by atoms with Crippen molar-refractivity contribution in [1.82, 2.24) is 4.98 Å². The number of amides is 1. The second kappa shape index (κ2) is 9.93. The van der Waals surface area contributed by atoms with Gasteiger partial charge in [0.05, 0.1) is 19.0 Å². The molecule has 2 aromatic carbocycles. The predicted molar refractivity (Wildman–Crippen MR) is 112 cm³/mol. The Hall–Kier alpha value is -3.06. The number of hydrogen-bond acceptors (Lipinski definition) is 5. The van der Waals surface area contributed by atoms with E-state index >= 15 is 0 Å². The number of pyridine rings is 1. The molecular weight excluding hydrogens is 391 g/mol. The van der Waals surface area contributed by atoms with Crippen molar-refractivity contribution in [3.8, 4) is 11.5 Å². The Balaban J connectivity index is 1.59. The summed E-state index contributed by atoms with van der Waals surface area (Å²) in [6.07, 6.45) is 1.56. The fourth-order valence-electron chi connectivity index (χ4n) is 2.48. The van der Waals surface area contributed by atoms with Gasteiger partial charge in [-0.25, -0.2) is 4.39 Å².